The predicted octanol–water partition coefficient (Wildman–Crippen LogP) is 5.87. The number of aromatic nitrogens is 5. The fourth-order valence-electron chi connectivity index (χ4n) is 5.56. The highest BCUT2D eigenvalue weighted by atomic mass is 16.1. The number of aromatic amines is 1. The van der Waals surface area contributed by atoms with Crippen molar-refractivity contribution in [2.24, 2.45) is 0 Å². The molecule has 188 valence electrons. The minimum atomic E-state index is -0.0356. The lowest BCUT2D eigenvalue weighted by atomic mass is 9.95. The number of hydrogen-bond acceptors (Lipinski definition) is 5. The Balaban J connectivity index is 1.54. The van der Waals surface area contributed by atoms with E-state index in [1.165, 1.54) is 30.4 Å². The SMILES string of the molecule is CCCC(c1nnnn1C1CCCCC1)N(Cc1ccccc1)Cc1cc2cc(C)ccc2[nH]c1=O. The second-order valence-electron chi connectivity index (χ2n) is 10.2. The molecule has 36 heavy (non-hydrogen) atoms. The Bertz CT molecular complexity index is 1340. The average molecular weight is 485 g/mol. The van der Waals surface area contributed by atoms with Gasteiger partial charge < -0.3 is 4.98 Å². The number of benzene rings is 2. The third kappa shape index (κ3) is 5.41. The summed E-state index contributed by atoms with van der Waals surface area (Å²) in [4.78, 5) is 18.6. The van der Waals surface area contributed by atoms with E-state index < -0.39 is 0 Å². The molecule has 7 nitrogen and oxygen atoms in total. The van der Waals surface area contributed by atoms with E-state index in [0.717, 1.165) is 48.0 Å². The first kappa shape index (κ1) is 24.4. The highest BCUT2D eigenvalue weighted by molar-refractivity contribution is 5.79. The fraction of sp³-hybridized carbons (Fsp3) is 0.448. The second kappa shape index (κ2) is 11.2. The van der Waals surface area contributed by atoms with Gasteiger partial charge in [0, 0.05) is 24.2 Å². The van der Waals surface area contributed by atoms with Gasteiger partial charge in [-0.05, 0) is 65.8 Å². The minimum Gasteiger partial charge on any atom is -0.322 e. The molecule has 0 radical (unpaired) electrons. The van der Waals surface area contributed by atoms with E-state index in [4.69, 9.17) is 0 Å². The molecule has 2 aromatic heterocycles. The van der Waals surface area contributed by atoms with Gasteiger partial charge in [0.2, 0.25) is 0 Å². The summed E-state index contributed by atoms with van der Waals surface area (Å²) >= 11 is 0. The van der Waals surface area contributed by atoms with Crippen LogP contribution < -0.4 is 5.56 Å². The molecule has 1 N–H and O–H groups in total. The zero-order chi connectivity index (χ0) is 24.9. The molecule has 0 bridgehead atoms. The number of rotatable bonds is 9. The van der Waals surface area contributed by atoms with E-state index in [-0.39, 0.29) is 11.6 Å². The molecule has 0 saturated heterocycles. The topological polar surface area (TPSA) is 79.7 Å². The van der Waals surface area contributed by atoms with Gasteiger partial charge in [-0.2, -0.15) is 0 Å². The minimum absolute atomic E-state index is 0.0136. The lowest BCUT2D eigenvalue weighted by Crippen LogP contribution is -2.33. The lowest BCUT2D eigenvalue weighted by molar-refractivity contribution is 0.150. The summed E-state index contributed by atoms with van der Waals surface area (Å²) in [5.41, 5.74) is 3.99. The Kier molecular flexibility index (Phi) is 7.56. The van der Waals surface area contributed by atoms with Crippen molar-refractivity contribution in [3.05, 3.63) is 87.5 Å². The van der Waals surface area contributed by atoms with Crippen LogP contribution in [0, 0.1) is 6.92 Å². The summed E-state index contributed by atoms with van der Waals surface area (Å²) < 4.78 is 2.09. The van der Waals surface area contributed by atoms with E-state index in [1.54, 1.807) is 0 Å². The fourth-order valence-corrected chi connectivity index (χ4v) is 5.56. The number of pyridine rings is 1. The van der Waals surface area contributed by atoms with Crippen molar-refractivity contribution >= 4 is 10.9 Å². The van der Waals surface area contributed by atoms with Crippen LogP contribution in [-0.2, 0) is 13.1 Å². The van der Waals surface area contributed by atoms with Crippen LogP contribution in [0.15, 0.2) is 59.4 Å². The normalized spacial score (nSPS) is 15.5. The van der Waals surface area contributed by atoms with Crippen LogP contribution in [0.5, 0.6) is 0 Å². The molecule has 2 aromatic carbocycles. The van der Waals surface area contributed by atoms with Crippen molar-refractivity contribution in [2.75, 3.05) is 0 Å². The van der Waals surface area contributed by atoms with Crippen LogP contribution in [0.4, 0.5) is 0 Å². The van der Waals surface area contributed by atoms with E-state index in [0.29, 0.717) is 19.1 Å². The van der Waals surface area contributed by atoms with E-state index in [9.17, 15) is 4.79 Å². The van der Waals surface area contributed by atoms with Crippen LogP contribution in [0.25, 0.3) is 10.9 Å². The third-order valence-electron chi connectivity index (χ3n) is 7.42. The molecule has 0 amide bonds. The van der Waals surface area contributed by atoms with Crippen LogP contribution in [0.3, 0.4) is 0 Å². The summed E-state index contributed by atoms with van der Waals surface area (Å²) in [5.74, 6) is 0.924. The van der Waals surface area contributed by atoms with Crippen molar-refractivity contribution in [1.82, 2.24) is 30.1 Å². The zero-order valence-electron chi connectivity index (χ0n) is 21.4. The number of aryl methyl sites for hydroxylation is 1. The first-order valence-corrected chi connectivity index (χ1v) is 13.3. The molecular formula is C29H36N6O. The molecule has 0 aliphatic heterocycles. The monoisotopic (exact) mass is 484 g/mol. The molecule has 7 heteroatoms. The van der Waals surface area contributed by atoms with Gasteiger partial charge in [0.25, 0.3) is 5.56 Å². The molecule has 1 saturated carbocycles. The van der Waals surface area contributed by atoms with Crippen molar-refractivity contribution in [1.29, 1.82) is 0 Å². The van der Waals surface area contributed by atoms with Crippen molar-refractivity contribution in [3.8, 4) is 0 Å². The van der Waals surface area contributed by atoms with Gasteiger partial charge in [-0.15, -0.1) is 5.10 Å². The predicted molar refractivity (Wildman–Crippen MR) is 143 cm³/mol. The maximum Gasteiger partial charge on any atom is 0.252 e. The maximum absolute atomic E-state index is 13.2. The van der Waals surface area contributed by atoms with Gasteiger partial charge in [0.15, 0.2) is 5.82 Å². The number of nitrogens with zero attached hydrogens (tertiary/aromatic N) is 5. The molecule has 1 fully saturated rings. The number of fused-ring (bicyclic) bond motifs is 1. The van der Waals surface area contributed by atoms with Crippen LogP contribution in [0.1, 0.15) is 86.5 Å². The van der Waals surface area contributed by atoms with Crippen molar-refractivity contribution in [3.63, 3.8) is 0 Å². The number of hydrogen-bond donors (Lipinski definition) is 1. The maximum atomic E-state index is 13.2. The number of nitrogens with one attached hydrogen (secondary N) is 1. The highest BCUT2D eigenvalue weighted by Crippen LogP contribution is 2.33. The van der Waals surface area contributed by atoms with Crippen molar-refractivity contribution in [2.45, 2.75) is 84.0 Å². The van der Waals surface area contributed by atoms with E-state index >= 15 is 0 Å². The van der Waals surface area contributed by atoms with Gasteiger partial charge in [-0.25, -0.2) is 4.68 Å². The summed E-state index contributed by atoms with van der Waals surface area (Å²) in [5, 5.41) is 14.2. The van der Waals surface area contributed by atoms with Crippen LogP contribution >= 0.6 is 0 Å². The van der Waals surface area contributed by atoms with Gasteiger partial charge in [-0.1, -0.05) is 74.6 Å². The highest BCUT2D eigenvalue weighted by Gasteiger charge is 2.29. The quantitative estimate of drug-likeness (QED) is 0.321. The largest absolute Gasteiger partial charge is 0.322 e. The second-order valence-corrected chi connectivity index (χ2v) is 10.2. The smallest absolute Gasteiger partial charge is 0.252 e. The summed E-state index contributed by atoms with van der Waals surface area (Å²) in [6.45, 7) is 5.52. The summed E-state index contributed by atoms with van der Waals surface area (Å²) in [7, 11) is 0. The van der Waals surface area contributed by atoms with Gasteiger partial charge in [0.1, 0.15) is 0 Å². The van der Waals surface area contributed by atoms with Gasteiger partial charge in [-0.3, -0.25) is 9.69 Å². The first-order chi connectivity index (χ1) is 17.6. The molecule has 5 rings (SSSR count). The molecule has 1 atom stereocenters. The molecule has 1 aliphatic rings. The Morgan fingerprint density at radius 2 is 1.86 bits per heavy atom. The van der Waals surface area contributed by atoms with E-state index in [1.807, 2.05) is 24.3 Å². The number of H-pyrrole nitrogens is 1. The molecule has 4 aromatic rings. The Hall–Kier alpha value is -3.32. The standard InChI is InChI=1S/C29H36N6O/c1-3-10-27(28-31-32-33-35(28)25-13-8-5-9-14-25)34(19-22-11-6-4-7-12-22)20-24-18-23-17-21(2)15-16-26(23)30-29(24)36/h4,6-7,11-12,15-18,25,27H,3,5,8-10,13-14,19-20H2,1-2H3,(H,30,36). The average Bonchev–Trinajstić information content (AvgIpc) is 3.38. The zero-order valence-corrected chi connectivity index (χ0v) is 21.4. The third-order valence-corrected chi connectivity index (χ3v) is 7.42. The van der Waals surface area contributed by atoms with Crippen molar-refractivity contribution < 1.29 is 0 Å². The molecular weight excluding hydrogens is 448 g/mol. The summed E-state index contributed by atoms with van der Waals surface area (Å²) in [6, 6.07) is 19.0. The van der Waals surface area contributed by atoms with E-state index in [2.05, 4.69) is 74.3 Å². The van der Waals surface area contributed by atoms with Gasteiger partial charge >= 0.3 is 0 Å². The molecule has 0 spiro atoms. The molecule has 1 unspecified atom stereocenters. The Morgan fingerprint density at radius 3 is 2.64 bits per heavy atom. The van der Waals surface area contributed by atoms with Gasteiger partial charge in [0.05, 0.1) is 12.1 Å². The van der Waals surface area contributed by atoms with Crippen LogP contribution in [-0.4, -0.2) is 30.1 Å². The van der Waals surface area contributed by atoms with Crippen LogP contribution in [0.2, 0.25) is 0 Å². The Morgan fingerprint density at radius 1 is 1.06 bits per heavy atom. The molecule has 1 aliphatic carbocycles. The molecule has 2 heterocycles. The summed E-state index contributed by atoms with van der Waals surface area (Å²) in [6.07, 6.45) is 7.91. The lowest BCUT2D eigenvalue weighted by Gasteiger charge is -2.32. The Labute approximate surface area is 212 Å². The number of tetrazole rings is 1. The first-order valence-electron chi connectivity index (χ1n) is 13.3.